The molecular weight excluding hydrogens is 294 g/mol. The summed E-state index contributed by atoms with van der Waals surface area (Å²) in [7, 11) is -3.72. The first-order chi connectivity index (χ1) is 9.99. The van der Waals surface area contributed by atoms with Gasteiger partial charge in [0.25, 0.3) is 5.56 Å². The number of aliphatic hydroxyl groups excluding tert-OH is 1. The van der Waals surface area contributed by atoms with Crippen LogP contribution in [0.4, 0.5) is 0 Å². The molecule has 1 atom stereocenters. The summed E-state index contributed by atoms with van der Waals surface area (Å²) in [6.45, 7) is -0.187. The van der Waals surface area contributed by atoms with Crippen LogP contribution in [0.15, 0.2) is 58.6 Å². The number of nitrogens with zero attached hydrogens (tertiary/aromatic N) is 2. The monoisotopic (exact) mass is 309 g/mol. The van der Waals surface area contributed by atoms with Crippen molar-refractivity contribution in [2.45, 2.75) is 17.5 Å². The van der Waals surface area contributed by atoms with Gasteiger partial charge in [0.1, 0.15) is 4.90 Å². The van der Waals surface area contributed by atoms with Crippen LogP contribution in [-0.2, 0) is 16.6 Å². The van der Waals surface area contributed by atoms with E-state index in [2.05, 4.69) is 9.71 Å². The molecule has 2 N–H and O–H groups in total. The quantitative estimate of drug-likeness (QED) is 0.755. The van der Waals surface area contributed by atoms with E-state index in [0.717, 1.165) is 0 Å². The average molecular weight is 309 g/mol. The number of sulfonamides is 1. The molecule has 0 amide bonds. The van der Waals surface area contributed by atoms with E-state index in [1.807, 2.05) is 0 Å². The number of hydrogen-bond acceptors (Lipinski definition) is 5. The average Bonchev–Trinajstić information content (AvgIpc) is 2.49. The van der Waals surface area contributed by atoms with Gasteiger partial charge in [0.15, 0.2) is 0 Å². The molecule has 2 rings (SSSR count). The van der Waals surface area contributed by atoms with Crippen LogP contribution < -0.4 is 10.3 Å². The summed E-state index contributed by atoms with van der Waals surface area (Å²) in [6, 6.07) is 7.54. The second-order valence-electron chi connectivity index (χ2n) is 4.39. The van der Waals surface area contributed by atoms with Gasteiger partial charge in [-0.15, -0.1) is 0 Å². The molecule has 0 bridgehead atoms. The van der Waals surface area contributed by atoms with E-state index >= 15 is 0 Å². The molecule has 8 heteroatoms. The van der Waals surface area contributed by atoms with Crippen LogP contribution >= 0.6 is 0 Å². The molecule has 0 spiro atoms. The zero-order chi connectivity index (χ0) is 15.3. The van der Waals surface area contributed by atoms with Crippen molar-refractivity contribution in [3.63, 3.8) is 0 Å². The molecule has 0 radical (unpaired) electrons. The zero-order valence-corrected chi connectivity index (χ0v) is 11.9. The Morgan fingerprint density at radius 2 is 2.10 bits per heavy atom. The topological polar surface area (TPSA) is 101 Å². The maximum atomic E-state index is 11.9. The van der Waals surface area contributed by atoms with Crippen molar-refractivity contribution >= 4 is 10.0 Å². The van der Waals surface area contributed by atoms with Gasteiger partial charge >= 0.3 is 0 Å². The van der Waals surface area contributed by atoms with Gasteiger partial charge in [-0.05, 0) is 18.2 Å². The highest BCUT2D eigenvalue weighted by atomic mass is 32.2. The Kier molecular flexibility index (Phi) is 4.84. The first kappa shape index (κ1) is 15.4. The summed E-state index contributed by atoms with van der Waals surface area (Å²) >= 11 is 0. The minimum atomic E-state index is -3.72. The second-order valence-corrected chi connectivity index (χ2v) is 6.15. The highest BCUT2D eigenvalue weighted by Gasteiger charge is 2.16. The number of pyridine rings is 2. The summed E-state index contributed by atoms with van der Waals surface area (Å²) in [4.78, 5) is 15.2. The van der Waals surface area contributed by atoms with Gasteiger partial charge in [0, 0.05) is 31.2 Å². The molecule has 0 aliphatic heterocycles. The fraction of sp³-hybridized carbons (Fsp3) is 0.231. The third kappa shape index (κ3) is 4.22. The van der Waals surface area contributed by atoms with E-state index in [9.17, 15) is 18.3 Å². The molecule has 2 aromatic heterocycles. The standard InChI is InChI=1S/C13H15N3O4S/c17-11(10-16-7-2-1-5-13(16)18)8-15-21(19,20)12-4-3-6-14-9-12/h1-7,9,11,15,17H,8,10H2. The number of aromatic nitrogens is 2. The molecule has 0 fully saturated rings. The smallest absolute Gasteiger partial charge is 0.250 e. The van der Waals surface area contributed by atoms with Crippen LogP contribution in [-0.4, -0.2) is 35.7 Å². The third-order valence-corrected chi connectivity index (χ3v) is 4.17. The molecule has 0 saturated heterocycles. The third-order valence-electron chi connectivity index (χ3n) is 2.76. The van der Waals surface area contributed by atoms with Crippen molar-refractivity contribution in [2.24, 2.45) is 0 Å². The molecule has 0 aliphatic carbocycles. The van der Waals surface area contributed by atoms with Gasteiger partial charge < -0.3 is 9.67 Å². The fourth-order valence-corrected chi connectivity index (χ4v) is 2.73. The molecule has 0 aromatic carbocycles. The minimum absolute atomic E-state index is 0.00916. The van der Waals surface area contributed by atoms with E-state index in [4.69, 9.17) is 0 Å². The highest BCUT2D eigenvalue weighted by Crippen LogP contribution is 2.05. The lowest BCUT2D eigenvalue weighted by molar-refractivity contribution is 0.156. The SMILES string of the molecule is O=c1ccccn1CC(O)CNS(=O)(=O)c1cccnc1. The number of hydrogen-bond donors (Lipinski definition) is 2. The van der Waals surface area contributed by atoms with E-state index in [0.29, 0.717) is 0 Å². The number of nitrogens with one attached hydrogen (secondary N) is 1. The Morgan fingerprint density at radius 3 is 2.76 bits per heavy atom. The molecule has 2 heterocycles. The van der Waals surface area contributed by atoms with Crippen molar-refractivity contribution in [3.8, 4) is 0 Å². The van der Waals surface area contributed by atoms with Crippen LogP contribution in [0.5, 0.6) is 0 Å². The van der Waals surface area contributed by atoms with Crippen molar-refractivity contribution in [1.29, 1.82) is 0 Å². The summed E-state index contributed by atoms with van der Waals surface area (Å²) in [5.41, 5.74) is -0.258. The molecule has 0 saturated carbocycles. The van der Waals surface area contributed by atoms with Crippen molar-refractivity contribution in [3.05, 3.63) is 59.3 Å². The molecule has 1 unspecified atom stereocenters. The zero-order valence-electron chi connectivity index (χ0n) is 11.1. The Morgan fingerprint density at radius 1 is 1.29 bits per heavy atom. The lowest BCUT2D eigenvalue weighted by Gasteiger charge is -2.13. The van der Waals surface area contributed by atoms with Crippen molar-refractivity contribution < 1.29 is 13.5 Å². The van der Waals surface area contributed by atoms with Crippen molar-refractivity contribution in [2.75, 3.05) is 6.54 Å². The predicted octanol–water partition coefficient (Wildman–Crippen LogP) is -0.417. The molecule has 7 nitrogen and oxygen atoms in total. The Bertz CT molecular complexity index is 743. The largest absolute Gasteiger partial charge is 0.390 e. The van der Waals surface area contributed by atoms with E-state index < -0.39 is 16.1 Å². The van der Waals surface area contributed by atoms with E-state index in [-0.39, 0.29) is 23.5 Å². The van der Waals surface area contributed by atoms with Crippen molar-refractivity contribution in [1.82, 2.24) is 14.3 Å². The molecular formula is C13H15N3O4S. The molecule has 2 aromatic rings. The molecule has 21 heavy (non-hydrogen) atoms. The summed E-state index contributed by atoms with van der Waals surface area (Å²) in [5, 5.41) is 9.83. The summed E-state index contributed by atoms with van der Waals surface area (Å²) < 4.78 is 27.4. The number of aliphatic hydroxyl groups is 1. The normalized spacial score (nSPS) is 13.0. The van der Waals surface area contributed by atoms with Gasteiger partial charge in [0.2, 0.25) is 10.0 Å². The first-order valence-corrected chi connectivity index (χ1v) is 7.70. The van der Waals surface area contributed by atoms with Crippen LogP contribution in [0.3, 0.4) is 0 Å². The van der Waals surface area contributed by atoms with Gasteiger partial charge in [-0.3, -0.25) is 9.78 Å². The lowest BCUT2D eigenvalue weighted by Crippen LogP contribution is -2.36. The molecule has 0 aliphatic rings. The summed E-state index contributed by atoms with van der Waals surface area (Å²) in [5.74, 6) is 0. The number of rotatable bonds is 6. The van der Waals surface area contributed by atoms with Crippen LogP contribution in [0.1, 0.15) is 0 Å². The lowest BCUT2D eigenvalue weighted by atomic mass is 10.3. The van der Waals surface area contributed by atoms with Crippen LogP contribution in [0.25, 0.3) is 0 Å². The second kappa shape index (κ2) is 6.61. The Hall–Kier alpha value is -2.03. The van der Waals surface area contributed by atoms with Gasteiger partial charge in [0.05, 0.1) is 12.6 Å². The summed E-state index contributed by atoms with van der Waals surface area (Å²) in [6.07, 6.45) is 3.20. The van der Waals surface area contributed by atoms with E-state index in [1.165, 1.54) is 41.4 Å². The van der Waals surface area contributed by atoms with Gasteiger partial charge in [-0.25, -0.2) is 13.1 Å². The first-order valence-electron chi connectivity index (χ1n) is 6.22. The Balaban J connectivity index is 1.97. The van der Waals surface area contributed by atoms with Gasteiger partial charge in [-0.2, -0.15) is 0 Å². The maximum Gasteiger partial charge on any atom is 0.250 e. The molecule has 112 valence electrons. The van der Waals surface area contributed by atoms with Crippen LogP contribution in [0, 0.1) is 0 Å². The predicted molar refractivity (Wildman–Crippen MR) is 76.1 cm³/mol. The highest BCUT2D eigenvalue weighted by molar-refractivity contribution is 7.89. The fourth-order valence-electron chi connectivity index (χ4n) is 1.70. The minimum Gasteiger partial charge on any atom is -0.390 e. The van der Waals surface area contributed by atoms with Crippen LogP contribution in [0.2, 0.25) is 0 Å². The Labute approximate surface area is 121 Å². The maximum absolute atomic E-state index is 11.9. The van der Waals surface area contributed by atoms with E-state index in [1.54, 1.807) is 12.1 Å². The van der Waals surface area contributed by atoms with Gasteiger partial charge in [-0.1, -0.05) is 6.07 Å².